The molecule has 4 heteroatoms. The van der Waals surface area contributed by atoms with Gasteiger partial charge in [0.1, 0.15) is 5.60 Å². The summed E-state index contributed by atoms with van der Waals surface area (Å²) in [4.78, 5) is 23.1. The van der Waals surface area contributed by atoms with Crippen molar-refractivity contribution in [2.75, 3.05) is 0 Å². The maximum Gasteiger partial charge on any atom is 0.306 e. The van der Waals surface area contributed by atoms with Crippen LogP contribution >= 0.6 is 0 Å². The lowest BCUT2D eigenvalue weighted by molar-refractivity contribution is -0.155. The highest BCUT2D eigenvalue weighted by molar-refractivity contribution is 5.81. The molecule has 4 nitrogen and oxygen atoms in total. The Morgan fingerprint density at radius 1 is 1.17 bits per heavy atom. The molecule has 0 fully saturated rings. The molecule has 1 N–H and O–H groups in total. The minimum atomic E-state index is -0.489. The van der Waals surface area contributed by atoms with E-state index in [2.05, 4.69) is 19.2 Å². The first-order valence-electron chi connectivity index (χ1n) is 6.67. The minimum absolute atomic E-state index is 0.0820. The van der Waals surface area contributed by atoms with E-state index in [9.17, 15) is 9.59 Å². The van der Waals surface area contributed by atoms with Crippen LogP contribution in [0.2, 0.25) is 0 Å². The van der Waals surface area contributed by atoms with Gasteiger partial charge in [-0.25, -0.2) is 0 Å². The van der Waals surface area contributed by atoms with Crippen LogP contribution in [0.5, 0.6) is 0 Å². The van der Waals surface area contributed by atoms with Gasteiger partial charge in [0, 0.05) is 12.5 Å². The molecule has 0 spiro atoms. The lowest BCUT2D eigenvalue weighted by Crippen LogP contribution is -2.38. The molecule has 18 heavy (non-hydrogen) atoms. The van der Waals surface area contributed by atoms with E-state index in [1.807, 2.05) is 27.7 Å². The second-order valence-electron chi connectivity index (χ2n) is 5.91. The highest BCUT2D eigenvalue weighted by Crippen LogP contribution is 2.10. The number of hydrogen-bond donors (Lipinski definition) is 1. The molecule has 1 atom stereocenters. The lowest BCUT2D eigenvalue weighted by atomic mass is 10.0. The molecule has 0 aliphatic heterocycles. The zero-order chi connectivity index (χ0) is 14.3. The topological polar surface area (TPSA) is 55.4 Å². The second kappa shape index (κ2) is 7.39. The van der Waals surface area contributed by atoms with E-state index in [1.165, 1.54) is 0 Å². The van der Waals surface area contributed by atoms with Crippen LogP contribution in [0.1, 0.15) is 60.8 Å². The van der Waals surface area contributed by atoms with Gasteiger partial charge < -0.3 is 10.1 Å². The Morgan fingerprint density at radius 3 is 2.11 bits per heavy atom. The van der Waals surface area contributed by atoms with Crippen LogP contribution in [0, 0.1) is 5.92 Å². The molecular formula is C14H27NO3. The molecule has 0 aromatic rings. The number of amides is 1. The maximum absolute atomic E-state index is 11.7. The molecule has 0 aliphatic carbocycles. The van der Waals surface area contributed by atoms with Gasteiger partial charge in [0.15, 0.2) is 0 Å². The fourth-order valence-electron chi connectivity index (χ4n) is 1.63. The quantitative estimate of drug-likeness (QED) is 0.744. The Kier molecular flexibility index (Phi) is 6.96. The van der Waals surface area contributed by atoms with Crippen LogP contribution in [0.25, 0.3) is 0 Å². The van der Waals surface area contributed by atoms with Gasteiger partial charge in [0.2, 0.25) is 5.91 Å². The smallest absolute Gasteiger partial charge is 0.306 e. The Labute approximate surface area is 110 Å². The van der Waals surface area contributed by atoms with Gasteiger partial charge in [-0.2, -0.15) is 0 Å². The van der Waals surface area contributed by atoms with Crippen LogP contribution in [0.15, 0.2) is 0 Å². The summed E-state index contributed by atoms with van der Waals surface area (Å²) >= 11 is 0. The Bertz CT molecular complexity index is 279. The third-order valence-electron chi connectivity index (χ3n) is 2.57. The van der Waals surface area contributed by atoms with Crippen molar-refractivity contribution in [3.63, 3.8) is 0 Å². The summed E-state index contributed by atoms with van der Waals surface area (Å²) in [6.45, 7) is 11.6. The summed E-state index contributed by atoms with van der Waals surface area (Å²) in [7, 11) is 0. The van der Waals surface area contributed by atoms with Crippen molar-refractivity contribution in [1.82, 2.24) is 5.32 Å². The average molecular weight is 257 g/mol. The van der Waals surface area contributed by atoms with Crippen LogP contribution in [-0.4, -0.2) is 23.5 Å². The molecule has 0 rings (SSSR count). The highest BCUT2D eigenvalue weighted by atomic mass is 16.6. The molecule has 106 valence electrons. The molecular weight excluding hydrogens is 230 g/mol. The average Bonchev–Trinajstić information content (AvgIpc) is 2.20. The predicted molar refractivity (Wildman–Crippen MR) is 72.1 cm³/mol. The van der Waals surface area contributed by atoms with Gasteiger partial charge >= 0.3 is 5.97 Å². The van der Waals surface area contributed by atoms with Gasteiger partial charge in [-0.05, 0) is 33.1 Å². The first kappa shape index (κ1) is 16.9. The van der Waals surface area contributed by atoms with E-state index >= 15 is 0 Å². The summed E-state index contributed by atoms with van der Waals surface area (Å²) in [6, 6.07) is 0.177. The zero-order valence-corrected chi connectivity index (χ0v) is 12.5. The fourth-order valence-corrected chi connectivity index (χ4v) is 1.63. The third-order valence-corrected chi connectivity index (χ3v) is 2.57. The number of esters is 1. The summed E-state index contributed by atoms with van der Waals surface area (Å²) in [5.41, 5.74) is -0.489. The van der Waals surface area contributed by atoms with Gasteiger partial charge in [-0.3, -0.25) is 9.59 Å². The van der Waals surface area contributed by atoms with Gasteiger partial charge in [0.25, 0.3) is 0 Å². The van der Waals surface area contributed by atoms with Crippen molar-refractivity contribution < 1.29 is 14.3 Å². The maximum atomic E-state index is 11.7. The standard InChI is InChI=1S/C14H27NO3/c1-7-11(10(2)3)15-12(16)8-9-13(17)18-14(4,5)6/h10-11H,7-9H2,1-6H3,(H,15,16). The molecule has 0 aliphatic rings. The number of carbonyl (C=O) groups excluding carboxylic acids is 2. The van der Waals surface area contributed by atoms with Gasteiger partial charge in [-0.15, -0.1) is 0 Å². The number of rotatable bonds is 6. The molecule has 0 bridgehead atoms. The lowest BCUT2D eigenvalue weighted by Gasteiger charge is -2.21. The molecule has 1 unspecified atom stereocenters. The van der Waals surface area contributed by atoms with E-state index in [0.29, 0.717) is 5.92 Å². The molecule has 0 heterocycles. The van der Waals surface area contributed by atoms with Crippen molar-refractivity contribution in [3.05, 3.63) is 0 Å². The largest absolute Gasteiger partial charge is 0.460 e. The van der Waals surface area contributed by atoms with Crippen LogP contribution in [-0.2, 0) is 14.3 Å². The summed E-state index contributed by atoms with van der Waals surface area (Å²) < 4.78 is 5.15. The molecule has 0 radical (unpaired) electrons. The van der Waals surface area contributed by atoms with E-state index in [4.69, 9.17) is 4.74 Å². The predicted octanol–water partition coefficient (Wildman–Crippen LogP) is 2.66. The fraction of sp³-hybridized carbons (Fsp3) is 0.857. The van der Waals surface area contributed by atoms with Crippen molar-refractivity contribution in [1.29, 1.82) is 0 Å². The first-order valence-corrected chi connectivity index (χ1v) is 6.67. The van der Waals surface area contributed by atoms with Crippen LogP contribution in [0.3, 0.4) is 0 Å². The molecule has 0 saturated carbocycles. The second-order valence-corrected chi connectivity index (χ2v) is 5.91. The summed E-state index contributed by atoms with van der Waals surface area (Å²) in [6.07, 6.45) is 1.23. The van der Waals surface area contributed by atoms with E-state index in [0.717, 1.165) is 6.42 Å². The van der Waals surface area contributed by atoms with Crippen LogP contribution in [0.4, 0.5) is 0 Å². The Morgan fingerprint density at radius 2 is 1.72 bits per heavy atom. The van der Waals surface area contributed by atoms with Crippen molar-refractivity contribution in [2.24, 2.45) is 5.92 Å². The van der Waals surface area contributed by atoms with Crippen molar-refractivity contribution in [3.8, 4) is 0 Å². The first-order chi connectivity index (χ1) is 8.15. The number of hydrogen-bond acceptors (Lipinski definition) is 3. The zero-order valence-electron chi connectivity index (χ0n) is 12.5. The van der Waals surface area contributed by atoms with E-state index in [1.54, 1.807) is 0 Å². The molecule has 0 aromatic heterocycles. The normalized spacial score (nSPS) is 13.3. The van der Waals surface area contributed by atoms with Crippen molar-refractivity contribution >= 4 is 11.9 Å². The Balaban J connectivity index is 4.00. The Hall–Kier alpha value is -1.06. The van der Waals surface area contributed by atoms with Gasteiger partial charge in [0.05, 0.1) is 6.42 Å². The monoisotopic (exact) mass is 257 g/mol. The van der Waals surface area contributed by atoms with Gasteiger partial charge in [-0.1, -0.05) is 20.8 Å². The molecule has 1 amide bonds. The molecule has 0 saturated heterocycles. The van der Waals surface area contributed by atoms with E-state index in [-0.39, 0.29) is 30.8 Å². The summed E-state index contributed by atoms with van der Waals surface area (Å²) in [5, 5.41) is 2.94. The number of carbonyl (C=O) groups is 2. The molecule has 0 aromatic carbocycles. The van der Waals surface area contributed by atoms with Crippen LogP contribution < -0.4 is 5.32 Å². The SMILES string of the molecule is CCC(NC(=O)CCC(=O)OC(C)(C)C)C(C)C. The van der Waals surface area contributed by atoms with E-state index < -0.39 is 5.60 Å². The third kappa shape index (κ3) is 8.09. The van der Waals surface area contributed by atoms with Crippen molar-refractivity contribution in [2.45, 2.75) is 72.4 Å². The number of ether oxygens (including phenoxy) is 1. The number of nitrogens with one attached hydrogen (secondary N) is 1. The highest BCUT2D eigenvalue weighted by Gasteiger charge is 2.18. The minimum Gasteiger partial charge on any atom is -0.460 e. The summed E-state index contributed by atoms with van der Waals surface area (Å²) in [5.74, 6) is -0.00266.